The largest absolute Gasteiger partial charge is 0.345 e. The highest BCUT2D eigenvalue weighted by Gasteiger charge is 2.20. The number of carbonyl (C=O) groups excluding carboxylic acids is 1. The van der Waals surface area contributed by atoms with Gasteiger partial charge in [-0.05, 0) is 23.8 Å². The van der Waals surface area contributed by atoms with Crippen LogP contribution >= 0.6 is 11.3 Å². The van der Waals surface area contributed by atoms with E-state index in [1.807, 2.05) is 22.4 Å². The van der Waals surface area contributed by atoms with Crippen molar-refractivity contribution in [3.05, 3.63) is 53.0 Å². The molecule has 23 heavy (non-hydrogen) atoms. The summed E-state index contributed by atoms with van der Waals surface area (Å²) in [5, 5.41) is 11.9. The molecule has 5 nitrogen and oxygen atoms in total. The predicted molar refractivity (Wildman–Crippen MR) is 91.1 cm³/mol. The van der Waals surface area contributed by atoms with E-state index in [9.17, 15) is 4.79 Å². The zero-order chi connectivity index (χ0) is 16.1. The normalized spacial score (nSPS) is 14.9. The Bertz CT molecular complexity index is 740. The van der Waals surface area contributed by atoms with Crippen LogP contribution in [-0.2, 0) is 4.79 Å². The van der Waals surface area contributed by atoms with E-state index in [0.717, 1.165) is 23.8 Å². The lowest BCUT2D eigenvalue weighted by atomic mass is 10.1. The summed E-state index contributed by atoms with van der Waals surface area (Å²) in [5.74, 6) is 0.00569. The number of thiazole rings is 1. The maximum absolute atomic E-state index is 12.3. The van der Waals surface area contributed by atoms with Crippen molar-refractivity contribution in [2.24, 2.45) is 0 Å². The number of rotatable bonds is 3. The molecule has 0 aliphatic carbocycles. The van der Waals surface area contributed by atoms with Gasteiger partial charge in [0.1, 0.15) is 0 Å². The summed E-state index contributed by atoms with van der Waals surface area (Å²) in [6.07, 6.45) is 5.14. The highest BCUT2D eigenvalue weighted by Crippen LogP contribution is 2.19. The van der Waals surface area contributed by atoms with Crippen LogP contribution in [0.5, 0.6) is 0 Å². The number of benzene rings is 1. The molecule has 1 saturated heterocycles. The molecule has 1 aromatic carbocycles. The van der Waals surface area contributed by atoms with E-state index in [2.05, 4.69) is 16.0 Å². The van der Waals surface area contributed by atoms with E-state index in [-0.39, 0.29) is 5.91 Å². The van der Waals surface area contributed by atoms with E-state index in [1.165, 1.54) is 0 Å². The fraction of sp³-hybridized carbons (Fsp3) is 0.235. The maximum Gasteiger partial charge on any atom is 0.246 e. The van der Waals surface area contributed by atoms with Crippen LogP contribution < -0.4 is 4.90 Å². The van der Waals surface area contributed by atoms with Crippen molar-refractivity contribution < 1.29 is 4.79 Å². The molecule has 3 rings (SSSR count). The highest BCUT2D eigenvalue weighted by molar-refractivity contribution is 7.13. The van der Waals surface area contributed by atoms with Crippen LogP contribution in [0.2, 0.25) is 0 Å². The molecule has 1 aliphatic rings. The summed E-state index contributed by atoms with van der Waals surface area (Å²) in [4.78, 5) is 20.6. The number of amides is 1. The van der Waals surface area contributed by atoms with Crippen molar-refractivity contribution in [3.8, 4) is 6.07 Å². The second-order valence-electron chi connectivity index (χ2n) is 5.20. The summed E-state index contributed by atoms with van der Waals surface area (Å²) < 4.78 is 0. The smallest absolute Gasteiger partial charge is 0.246 e. The molecule has 2 aromatic rings. The van der Waals surface area contributed by atoms with Crippen LogP contribution in [-0.4, -0.2) is 42.0 Å². The van der Waals surface area contributed by atoms with Gasteiger partial charge in [0.25, 0.3) is 0 Å². The van der Waals surface area contributed by atoms with E-state index in [1.54, 1.807) is 41.8 Å². The van der Waals surface area contributed by atoms with Crippen molar-refractivity contribution in [2.45, 2.75) is 0 Å². The number of carbonyl (C=O) groups is 1. The van der Waals surface area contributed by atoms with E-state index >= 15 is 0 Å². The van der Waals surface area contributed by atoms with Gasteiger partial charge in [-0.2, -0.15) is 5.26 Å². The zero-order valence-electron chi connectivity index (χ0n) is 12.6. The summed E-state index contributed by atoms with van der Waals surface area (Å²) in [6, 6.07) is 9.31. The number of anilines is 1. The van der Waals surface area contributed by atoms with Crippen LogP contribution in [0, 0.1) is 11.3 Å². The van der Waals surface area contributed by atoms with Gasteiger partial charge in [0.2, 0.25) is 5.91 Å². The second-order valence-corrected chi connectivity index (χ2v) is 6.07. The molecule has 6 heteroatoms. The van der Waals surface area contributed by atoms with Gasteiger partial charge in [0.15, 0.2) is 5.13 Å². The standard InChI is InChI=1S/C17H16N4OS/c18-13-15-3-1-2-14(12-15)4-5-16(22)20-7-9-21(10-8-20)17-19-6-11-23-17/h1-6,11-12H,7-10H2. The second kappa shape index (κ2) is 7.07. The van der Waals surface area contributed by atoms with Gasteiger partial charge in [-0.1, -0.05) is 12.1 Å². The summed E-state index contributed by atoms with van der Waals surface area (Å²) in [5.41, 5.74) is 1.45. The number of aromatic nitrogens is 1. The van der Waals surface area contributed by atoms with Crippen molar-refractivity contribution >= 4 is 28.5 Å². The quantitative estimate of drug-likeness (QED) is 0.813. The molecule has 0 N–H and O–H groups in total. The Balaban J connectivity index is 1.57. The number of nitrogens with zero attached hydrogens (tertiary/aromatic N) is 4. The molecule has 1 amide bonds. The molecule has 116 valence electrons. The average Bonchev–Trinajstić information content (AvgIpc) is 3.14. The third-order valence-corrected chi connectivity index (χ3v) is 4.55. The van der Waals surface area contributed by atoms with Crippen LogP contribution in [0.4, 0.5) is 5.13 Å². The molecule has 1 aromatic heterocycles. The first-order chi connectivity index (χ1) is 11.3. The van der Waals surface area contributed by atoms with Crippen molar-refractivity contribution in [3.63, 3.8) is 0 Å². The Kier molecular flexibility index (Phi) is 4.69. The van der Waals surface area contributed by atoms with Crippen LogP contribution in [0.25, 0.3) is 6.08 Å². The molecule has 1 fully saturated rings. The van der Waals surface area contributed by atoms with Crippen LogP contribution in [0.1, 0.15) is 11.1 Å². The van der Waals surface area contributed by atoms with Gasteiger partial charge < -0.3 is 9.80 Å². The minimum Gasteiger partial charge on any atom is -0.345 e. The third kappa shape index (κ3) is 3.76. The Labute approximate surface area is 139 Å². The highest BCUT2D eigenvalue weighted by atomic mass is 32.1. The molecular weight excluding hydrogens is 308 g/mol. The molecule has 0 radical (unpaired) electrons. The van der Waals surface area contributed by atoms with Gasteiger partial charge in [-0.25, -0.2) is 4.98 Å². The molecule has 1 aliphatic heterocycles. The Morgan fingerprint density at radius 2 is 2.13 bits per heavy atom. The Morgan fingerprint density at radius 3 is 2.83 bits per heavy atom. The minimum absolute atomic E-state index is 0.00569. The number of nitriles is 1. The molecule has 2 heterocycles. The summed E-state index contributed by atoms with van der Waals surface area (Å²) in [7, 11) is 0. The minimum atomic E-state index is 0.00569. The van der Waals surface area contributed by atoms with Gasteiger partial charge in [0, 0.05) is 43.8 Å². The fourth-order valence-corrected chi connectivity index (χ4v) is 3.17. The molecule has 0 saturated carbocycles. The first-order valence-corrected chi connectivity index (χ1v) is 8.26. The average molecular weight is 324 g/mol. The SMILES string of the molecule is N#Cc1cccc(C=CC(=O)N2CCN(c3nccs3)CC2)c1. The zero-order valence-corrected chi connectivity index (χ0v) is 13.4. The molecular formula is C17H16N4OS. The lowest BCUT2D eigenvalue weighted by Gasteiger charge is -2.34. The van der Waals surface area contributed by atoms with Crippen molar-refractivity contribution in [1.82, 2.24) is 9.88 Å². The van der Waals surface area contributed by atoms with Gasteiger partial charge in [0.05, 0.1) is 11.6 Å². The van der Waals surface area contributed by atoms with Crippen molar-refractivity contribution in [1.29, 1.82) is 5.26 Å². The number of hydrogen-bond acceptors (Lipinski definition) is 5. The van der Waals surface area contributed by atoms with Crippen molar-refractivity contribution in [2.75, 3.05) is 31.1 Å². The molecule has 0 spiro atoms. The van der Waals surface area contributed by atoms with Crippen LogP contribution in [0.15, 0.2) is 41.9 Å². The maximum atomic E-state index is 12.3. The Morgan fingerprint density at radius 1 is 1.30 bits per heavy atom. The lowest BCUT2D eigenvalue weighted by Crippen LogP contribution is -2.48. The molecule has 0 atom stereocenters. The lowest BCUT2D eigenvalue weighted by molar-refractivity contribution is -0.126. The van der Waals surface area contributed by atoms with Gasteiger partial charge >= 0.3 is 0 Å². The first kappa shape index (κ1) is 15.3. The van der Waals surface area contributed by atoms with Crippen LogP contribution in [0.3, 0.4) is 0 Å². The van der Waals surface area contributed by atoms with E-state index in [0.29, 0.717) is 18.7 Å². The number of piperazine rings is 1. The monoisotopic (exact) mass is 324 g/mol. The third-order valence-electron chi connectivity index (χ3n) is 3.72. The molecule has 0 bridgehead atoms. The van der Waals surface area contributed by atoms with Gasteiger partial charge in [-0.15, -0.1) is 11.3 Å². The van der Waals surface area contributed by atoms with Gasteiger partial charge in [-0.3, -0.25) is 4.79 Å². The fourth-order valence-electron chi connectivity index (χ4n) is 2.48. The van der Waals surface area contributed by atoms with E-state index < -0.39 is 0 Å². The topological polar surface area (TPSA) is 60.2 Å². The number of hydrogen-bond donors (Lipinski definition) is 0. The molecule has 0 unspecified atom stereocenters. The Hall–Kier alpha value is -2.65. The summed E-state index contributed by atoms with van der Waals surface area (Å²) >= 11 is 1.62. The predicted octanol–water partition coefficient (Wildman–Crippen LogP) is 2.38. The first-order valence-electron chi connectivity index (χ1n) is 7.38. The summed E-state index contributed by atoms with van der Waals surface area (Å²) in [6.45, 7) is 3.00. The van der Waals surface area contributed by atoms with E-state index in [4.69, 9.17) is 5.26 Å².